The van der Waals surface area contributed by atoms with Gasteiger partial charge in [0.25, 0.3) is 0 Å². The Bertz CT molecular complexity index is 696. The third-order valence-corrected chi connectivity index (χ3v) is 7.67. The first kappa shape index (κ1) is 20.7. The van der Waals surface area contributed by atoms with E-state index in [9.17, 15) is 4.79 Å². The predicted octanol–water partition coefficient (Wildman–Crippen LogP) is 5.26. The Morgan fingerprint density at radius 3 is 2.83 bits per heavy atom. The summed E-state index contributed by atoms with van der Waals surface area (Å²) < 4.78 is 6.13. The van der Waals surface area contributed by atoms with Gasteiger partial charge in [-0.1, -0.05) is 57.4 Å². The molecule has 0 radical (unpaired) electrons. The number of carbonyl (C=O) groups is 1. The normalized spacial score (nSPS) is 27.3. The maximum atomic E-state index is 13.0. The molecule has 1 aliphatic carbocycles. The Balaban J connectivity index is 1.37. The highest BCUT2D eigenvalue weighted by Crippen LogP contribution is 2.39. The van der Waals surface area contributed by atoms with Crippen LogP contribution in [0.5, 0.6) is 0 Å². The fourth-order valence-corrected chi connectivity index (χ4v) is 5.99. The highest BCUT2D eigenvalue weighted by molar-refractivity contribution is 5.68. The van der Waals surface area contributed by atoms with E-state index in [1.165, 1.54) is 36.8 Å². The minimum atomic E-state index is -0.0754. The Morgan fingerprint density at radius 2 is 2.07 bits per heavy atom. The molecular formula is C25H38N2O2. The largest absolute Gasteiger partial charge is 0.446 e. The lowest BCUT2D eigenvalue weighted by Gasteiger charge is -2.45. The van der Waals surface area contributed by atoms with Crippen molar-refractivity contribution in [2.24, 2.45) is 11.8 Å². The van der Waals surface area contributed by atoms with Crippen LogP contribution in [0.1, 0.15) is 76.3 Å². The van der Waals surface area contributed by atoms with Crippen LogP contribution in [0.4, 0.5) is 4.79 Å². The quantitative estimate of drug-likeness (QED) is 0.753. The zero-order valence-corrected chi connectivity index (χ0v) is 18.3. The summed E-state index contributed by atoms with van der Waals surface area (Å²) in [5, 5.41) is 3.61. The first-order valence-electron chi connectivity index (χ1n) is 11.9. The Kier molecular flexibility index (Phi) is 6.48. The molecule has 1 N–H and O–H groups in total. The van der Waals surface area contributed by atoms with Crippen molar-refractivity contribution in [2.75, 3.05) is 19.6 Å². The molecule has 0 aromatic heterocycles. The highest BCUT2D eigenvalue weighted by Gasteiger charge is 2.41. The fourth-order valence-electron chi connectivity index (χ4n) is 5.99. The SMILES string of the molecule is CCCC(OC(=O)N1CCC2(CC1)CNCc1ccccc12)C1CCCC(C)C1. The van der Waals surface area contributed by atoms with Gasteiger partial charge in [-0.3, -0.25) is 0 Å². The number of amides is 1. The molecule has 1 aromatic carbocycles. The molecule has 160 valence electrons. The average Bonchev–Trinajstić information content (AvgIpc) is 2.74. The summed E-state index contributed by atoms with van der Waals surface area (Å²) in [4.78, 5) is 15.0. The van der Waals surface area contributed by atoms with Gasteiger partial charge in [0.05, 0.1) is 0 Å². The molecule has 2 fully saturated rings. The van der Waals surface area contributed by atoms with Crippen molar-refractivity contribution in [3.05, 3.63) is 35.4 Å². The number of nitrogens with one attached hydrogen (secondary N) is 1. The molecule has 4 rings (SSSR count). The van der Waals surface area contributed by atoms with Crippen LogP contribution in [0, 0.1) is 11.8 Å². The summed E-state index contributed by atoms with van der Waals surface area (Å²) in [6.07, 6.45) is 9.17. The van der Waals surface area contributed by atoms with Gasteiger partial charge >= 0.3 is 6.09 Å². The van der Waals surface area contributed by atoms with Gasteiger partial charge in [0, 0.05) is 31.6 Å². The highest BCUT2D eigenvalue weighted by atomic mass is 16.6. The number of benzene rings is 1. The molecule has 29 heavy (non-hydrogen) atoms. The van der Waals surface area contributed by atoms with Crippen LogP contribution in [0.15, 0.2) is 24.3 Å². The van der Waals surface area contributed by atoms with Gasteiger partial charge in [0.1, 0.15) is 6.10 Å². The van der Waals surface area contributed by atoms with Crippen LogP contribution in [0.2, 0.25) is 0 Å². The van der Waals surface area contributed by atoms with Crippen LogP contribution >= 0.6 is 0 Å². The zero-order chi connectivity index (χ0) is 20.3. The second-order valence-corrected chi connectivity index (χ2v) is 9.77. The smallest absolute Gasteiger partial charge is 0.410 e. The third kappa shape index (κ3) is 4.47. The van der Waals surface area contributed by atoms with Crippen molar-refractivity contribution < 1.29 is 9.53 Å². The predicted molar refractivity (Wildman–Crippen MR) is 117 cm³/mol. The van der Waals surface area contributed by atoms with E-state index in [4.69, 9.17) is 4.74 Å². The zero-order valence-electron chi connectivity index (χ0n) is 18.3. The van der Waals surface area contributed by atoms with E-state index in [-0.39, 0.29) is 17.6 Å². The van der Waals surface area contributed by atoms with Gasteiger partial charge in [0.2, 0.25) is 0 Å². The van der Waals surface area contributed by atoms with Crippen molar-refractivity contribution in [1.29, 1.82) is 0 Å². The molecule has 1 spiro atoms. The number of rotatable bonds is 4. The van der Waals surface area contributed by atoms with Crippen LogP contribution in [0.25, 0.3) is 0 Å². The van der Waals surface area contributed by atoms with Gasteiger partial charge < -0.3 is 15.0 Å². The van der Waals surface area contributed by atoms with E-state index in [0.717, 1.165) is 57.8 Å². The van der Waals surface area contributed by atoms with E-state index in [0.29, 0.717) is 5.92 Å². The molecule has 1 amide bonds. The molecule has 2 aliphatic heterocycles. The Morgan fingerprint density at radius 1 is 1.28 bits per heavy atom. The standard InChI is InChI=1S/C25H38N2O2/c1-3-7-23(20-10-6-8-19(2)16-20)29-24(28)27-14-12-25(13-15-27)18-26-17-21-9-4-5-11-22(21)25/h4-5,9,11,19-20,23,26H,3,6-8,10,12-18H2,1-2H3. The number of piperidine rings is 1. The molecule has 1 aromatic rings. The lowest BCUT2D eigenvalue weighted by atomic mass is 9.69. The summed E-state index contributed by atoms with van der Waals surface area (Å²) in [6, 6.07) is 8.83. The van der Waals surface area contributed by atoms with Crippen LogP contribution < -0.4 is 5.32 Å². The summed E-state index contributed by atoms with van der Waals surface area (Å²) in [7, 11) is 0. The topological polar surface area (TPSA) is 41.6 Å². The van der Waals surface area contributed by atoms with Gasteiger partial charge in [-0.25, -0.2) is 4.79 Å². The van der Waals surface area contributed by atoms with Crippen LogP contribution in [0.3, 0.4) is 0 Å². The molecule has 3 aliphatic rings. The van der Waals surface area contributed by atoms with E-state index >= 15 is 0 Å². The summed E-state index contributed by atoms with van der Waals surface area (Å²) in [5.74, 6) is 1.31. The molecule has 4 nitrogen and oxygen atoms in total. The van der Waals surface area contributed by atoms with Crippen molar-refractivity contribution in [2.45, 2.75) is 83.3 Å². The summed E-state index contributed by atoms with van der Waals surface area (Å²) >= 11 is 0. The molecule has 1 saturated carbocycles. The number of hydrogen-bond acceptors (Lipinski definition) is 3. The molecule has 0 bridgehead atoms. The molecule has 3 unspecified atom stereocenters. The first-order chi connectivity index (χ1) is 14.1. The molecule has 1 saturated heterocycles. The monoisotopic (exact) mass is 398 g/mol. The second-order valence-electron chi connectivity index (χ2n) is 9.77. The lowest BCUT2D eigenvalue weighted by molar-refractivity contribution is 0.00704. The number of nitrogens with zero attached hydrogens (tertiary/aromatic N) is 1. The third-order valence-electron chi connectivity index (χ3n) is 7.67. The minimum absolute atomic E-state index is 0.0754. The number of likely N-dealkylation sites (tertiary alicyclic amines) is 1. The van der Waals surface area contributed by atoms with Crippen molar-refractivity contribution >= 4 is 6.09 Å². The van der Waals surface area contributed by atoms with Crippen molar-refractivity contribution in [3.63, 3.8) is 0 Å². The van der Waals surface area contributed by atoms with Crippen LogP contribution in [-0.2, 0) is 16.7 Å². The summed E-state index contributed by atoms with van der Waals surface area (Å²) in [6.45, 7) is 8.12. The molecule has 4 heteroatoms. The van der Waals surface area contributed by atoms with E-state index in [1.54, 1.807) is 0 Å². The van der Waals surface area contributed by atoms with Crippen molar-refractivity contribution in [3.8, 4) is 0 Å². The second kappa shape index (κ2) is 9.07. The number of hydrogen-bond donors (Lipinski definition) is 1. The Hall–Kier alpha value is -1.55. The van der Waals surface area contributed by atoms with Gasteiger partial charge in [-0.2, -0.15) is 0 Å². The minimum Gasteiger partial charge on any atom is -0.446 e. The van der Waals surface area contributed by atoms with Crippen LogP contribution in [-0.4, -0.2) is 36.7 Å². The number of carbonyl (C=O) groups excluding carboxylic acids is 1. The maximum Gasteiger partial charge on any atom is 0.410 e. The lowest BCUT2D eigenvalue weighted by Crippen LogP contribution is -2.52. The van der Waals surface area contributed by atoms with Gasteiger partial charge in [-0.15, -0.1) is 0 Å². The molecule has 3 atom stereocenters. The van der Waals surface area contributed by atoms with E-state index < -0.39 is 0 Å². The maximum absolute atomic E-state index is 13.0. The van der Waals surface area contributed by atoms with E-state index in [2.05, 4.69) is 43.4 Å². The molecular weight excluding hydrogens is 360 g/mol. The molecule has 2 heterocycles. The van der Waals surface area contributed by atoms with Gasteiger partial charge in [0.15, 0.2) is 0 Å². The number of fused-ring (bicyclic) bond motifs is 2. The van der Waals surface area contributed by atoms with Crippen molar-refractivity contribution in [1.82, 2.24) is 10.2 Å². The summed E-state index contributed by atoms with van der Waals surface area (Å²) in [5.41, 5.74) is 3.09. The first-order valence-corrected chi connectivity index (χ1v) is 11.9. The average molecular weight is 399 g/mol. The number of ether oxygens (including phenoxy) is 1. The Labute approximate surface area is 176 Å². The van der Waals surface area contributed by atoms with Gasteiger partial charge in [-0.05, 0) is 55.1 Å². The fraction of sp³-hybridized carbons (Fsp3) is 0.720. The van der Waals surface area contributed by atoms with E-state index in [1.807, 2.05) is 4.90 Å².